The number of halogens is 2. The topological polar surface area (TPSA) is 91.3 Å². The molecule has 0 aromatic heterocycles. The van der Waals surface area contributed by atoms with Crippen LogP contribution in [0.2, 0.25) is 0 Å². The number of ketones is 1. The first-order valence-corrected chi connectivity index (χ1v) is 11.8. The molecule has 198 valence electrons. The van der Waals surface area contributed by atoms with Crippen molar-refractivity contribution in [3.63, 3.8) is 0 Å². The first kappa shape index (κ1) is 27.7. The van der Waals surface area contributed by atoms with Gasteiger partial charge in [0.1, 0.15) is 5.75 Å². The summed E-state index contributed by atoms with van der Waals surface area (Å²) < 4.78 is 49.9. The minimum atomic E-state index is -1.17. The Morgan fingerprint density at radius 1 is 0.892 bits per heavy atom. The summed E-state index contributed by atoms with van der Waals surface area (Å²) in [5.41, 5.74) is -0.490. The number of hydrogen-bond acceptors (Lipinski definition) is 7. The van der Waals surface area contributed by atoms with Crippen molar-refractivity contribution in [2.75, 3.05) is 28.4 Å². The van der Waals surface area contributed by atoms with Crippen molar-refractivity contribution in [3.05, 3.63) is 47.0 Å². The van der Waals surface area contributed by atoms with Gasteiger partial charge in [0.05, 0.1) is 39.6 Å². The number of fused-ring (bicyclic) bond motifs is 1. The lowest BCUT2D eigenvalue weighted by Gasteiger charge is -2.23. The number of ether oxygens (including phenoxy) is 4. The Morgan fingerprint density at radius 2 is 1.54 bits per heavy atom. The van der Waals surface area contributed by atoms with Gasteiger partial charge in [-0.1, -0.05) is 32.8 Å². The number of rotatable bonds is 10. The summed E-state index contributed by atoms with van der Waals surface area (Å²) in [5.74, 6) is -3.82. The largest absolute Gasteiger partial charge is 0.507 e. The van der Waals surface area contributed by atoms with Gasteiger partial charge in [0.15, 0.2) is 28.9 Å². The number of carbonyl (C=O) groups is 2. The van der Waals surface area contributed by atoms with Gasteiger partial charge in [-0.25, -0.2) is 13.6 Å². The fourth-order valence-corrected chi connectivity index (χ4v) is 4.55. The molecule has 37 heavy (non-hydrogen) atoms. The van der Waals surface area contributed by atoms with Crippen molar-refractivity contribution in [2.24, 2.45) is 5.92 Å². The third-order valence-electron chi connectivity index (χ3n) is 6.58. The van der Waals surface area contributed by atoms with Crippen molar-refractivity contribution >= 4 is 22.5 Å². The number of Topliss-reactive ketones (excluding diaryl/α,β-unsaturated/α-hetero) is 1. The van der Waals surface area contributed by atoms with E-state index in [1.165, 1.54) is 33.5 Å². The molecule has 0 amide bonds. The summed E-state index contributed by atoms with van der Waals surface area (Å²) in [6.45, 7) is 3.88. The second-order valence-electron chi connectivity index (χ2n) is 8.47. The lowest BCUT2D eigenvalue weighted by Crippen LogP contribution is -2.16. The monoisotopic (exact) mass is 516 g/mol. The van der Waals surface area contributed by atoms with Crippen molar-refractivity contribution in [3.8, 4) is 34.1 Å². The van der Waals surface area contributed by atoms with Crippen molar-refractivity contribution in [1.29, 1.82) is 0 Å². The molecule has 3 rings (SSSR count). The Morgan fingerprint density at radius 3 is 2.05 bits per heavy atom. The number of esters is 1. The van der Waals surface area contributed by atoms with Gasteiger partial charge in [-0.15, -0.1) is 0 Å². The number of phenolic OH excluding ortho intramolecular Hbond substituents is 1. The maximum Gasteiger partial charge on any atom is 0.339 e. The Kier molecular flexibility index (Phi) is 8.57. The highest BCUT2D eigenvalue weighted by atomic mass is 19.2. The highest BCUT2D eigenvalue weighted by molar-refractivity contribution is 6.21. The fourth-order valence-electron chi connectivity index (χ4n) is 4.55. The molecule has 0 unspecified atom stereocenters. The van der Waals surface area contributed by atoms with Gasteiger partial charge in [0.25, 0.3) is 0 Å². The molecule has 0 bridgehead atoms. The quantitative estimate of drug-likeness (QED) is 0.249. The number of aromatic hydroxyl groups is 1. The lowest BCUT2D eigenvalue weighted by molar-refractivity contribution is 0.0597. The predicted molar refractivity (Wildman–Crippen MR) is 135 cm³/mol. The van der Waals surface area contributed by atoms with E-state index in [0.717, 1.165) is 19.2 Å². The molecule has 0 aliphatic carbocycles. The van der Waals surface area contributed by atoms with Crippen LogP contribution < -0.4 is 14.2 Å². The molecule has 0 fully saturated rings. The maximum absolute atomic E-state index is 14.4. The summed E-state index contributed by atoms with van der Waals surface area (Å²) in [6.07, 6.45) is 1.47. The van der Waals surface area contributed by atoms with Crippen LogP contribution in [0.25, 0.3) is 21.9 Å². The zero-order chi connectivity index (χ0) is 27.4. The van der Waals surface area contributed by atoms with E-state index >= 15 is 0 Å². The number of benzene rings is 3. The molecule has 9 heteroatoms. The van der Waals surface area contributed by atoms with Crippen LogP contribution in [-0.4, -0.2) is 45.3 Å². The molecule has 0 aliphatic heterocycles. The molecule has 0 aliphatic rings. The Balaban J connectivity index is 2.65. The van der Waals surface area contributed by atoms with Crippen LogP contribution in [0.15, 0.2) is 24.3 Å². The van der Waals surface area contributed by atoms with Gasteiger partial charge in [0.2, 0.25) is 5.75 Å². The molecule has 0 saturated heterocycles. The molecular formula is C28H30F2O7. The second kappa shape index (κ2) is 11.5. The van der Waals surface area contributed by atoms with E-state index in [1.807, 2.05) is 13.8 Å². The highest BCUT2D eigenvalue weighted by Crippen LogP contribution is 2.52. The first-order chi connectivity index (χ1) is 17.7. The van der Waals surface area contributed by atoms with Gasteiger partial charge in [-0.2, -0.15) is 0 Å². The molecular weight excluding hydrogens is 486 g/mol. The minimum absolute atomic E-state index is 0.000232. The van der Waals surface area contributed by atoms with Gasteiger partial charge < -0.3 is 24.1 Å². The van der Waals surface area contributed by atoms with Crippen LogP contribution in [0.3, 0.4) is 0 Å². The average Bonchev–Trinajstić information content (AvgIpc) is 2.91. The lowest BCUT2D eigenvalue weighted by atomic mass is 9.84. The smallest absolute Gasteiger partial charge is 0.339 e. The molecule has 3 aromatic carbocycles. The average molecular weight is 517 g/mol. The Labute approximate surface area is 213 Å². The predicted octanol–water partition coefficient (Wildman–Crippen LogP) is 6.31. The zero-order valence-electron chi connectivity index (χ0n) is 21.7. The molecule has 0 spiro atoms. The van der Waals surface area contributed by atoms with Gasteiger partial charge in [-0.05, 0) is 29.7 Å². The van der Waals surface area contributed by atoms with E-state index in [9.17, 15) is 23.5 Å². The molecule has 0 heterocycles. The van der Waals surface area contributed by atoms with Gasteiger partial charge in [0, 0.05) is 22.8 Å². The van der Waals surface area contributed by atoms with E-state index in [4.69, 9.17) is 18.9 Å². The number of carbonyl (C=O) groups excluding carboxylic acids is 2. The van der Waals surface area contributed by atoms with Crippen molar-refractivity contribution in [1.82, 2.24) is 0 Å². The van der Waals surface area contributed by atoms with Crippen LogP contribution in [0, 0.1) is 17.6 Å². The summed E-state index contributed by atoms with van der Waals surface area (Å²) in [5, 5.41) is 11.7. The SMILES string of the molecule is CCC(CC)CC(=O)c1c(C(=O)OC)c(-c2ccc(F)c(F)c2)c2c(OC)c(OC)c(OC)cc2c1O. The Hall–Kier alpha value is -3.88. The van der Waals surface area contributed by atoms with Crippen molar-refractivity contribution in [2.45, 2.75) is 33.1 Å². The molecule has 0 radical (unpaired) electrons. The minimum Gasteiger partial charge on any atom is -0.507 e. The maximum atomic E-state index is 14.4. The van der Waals surface area contributed by atoms with E-state index in [0.29, 0.717) is 12.8 Å². The number of hydrogen-bond donors (Lipinski definition) is 1. The number of phenols is 1. The van der Waals surface area contributed by atoms with E-state index in [2.05, 4.69) is 0 Å². The highest BCUT2D eigenvalue weighted by Gasteiger charge is 2.33. The summed E-state index contributed by atoms with van der Waals surface area (Å²) in [7, 11) is 5.23. The summed E-state index contributed by atoms with van der Waals surface area (Å²) in [4.78, 5) is 26.9. The van der Waals surface area contributed by atoms with Crippen LogP contribution in [0.4, 0.5) is 8.78 Å². The Bertz CT molecular complexity index is 1350. The van der Waals surface area contributed by atoms with Crippen LogP contribution in [0.1, 0.15) is 53.8 Å². The van der Waals surface area contributed by atoms with Gasteiger partial charge >= 0.3 is 5.97 Å². The summed E-state index contributed by atoms with van der Waals surface area (Å²) in [6, 6.07) is 4.51. The van der Waals surface area contributed by atoms with Crippen LogP contribution in [-0.2, 0) is 4.74 Å². The molecule has 7 nitrogen and oxygen atoms in total. The second-order valence-corrected chi connectivity index (χ2v) is 8.47. The fraction of sp³-hybridized carbons (Fsp3) is 0.357. The van der Waals surface area contributed by atoms with Gasteiger partial charge in [-0.3, -0.25) is 4.79 Å². The third kappa shape index (κ3) is 4.90. The molecule has 0 atom stereocenters. The molecule has 0 saturated carbocycles. The summed E-state index contributed by atoms with van der Waals surface area (Å²) >= 11 is 0. The van der Waals surface area contributed by atoms with E-state index < -0.39 is 29.1 Å². The molecule has 1 N–H and O–H groups in total. The first-order valence-electron chi connectivity index (χ1n) is 11.8. The third-order valence-corrected chi connectivity index (χ3v) is 6.58. The molecule has 3 aromatic rings. The van der Waals surface area contributed by atoms with E-state index in [1.54, 1.807) is 0 Å². The normalized spacial score (nSPS) is 11.1. The van der Waals surface area contributed by atoms with Crippen LogP contribution >= 0.6 is 0 Å². The van der Waals surface area contributed by atoms with Crippen molar-refractivity contribution < 1.29 is 42.4 Å². The number of methoxy groups -OCH3 is 4. The standard InChI is InChI=1S/C28H30F2O7/c1-7-14(8-2)11-19(31)23-24(28(33)37-6)21(15-9-10-17(29)18(30)12-15)22-16(25(23)32)13-20(34-3)26(35-4)27(22)36-5/h9-10,12-14,32H,7-8,11H2,1-6H3. The van der Waals surface area contributed by atoms with E-state index in [-0.39, 0.29) is 62.6 Å². The van der Waals surface area contributed by atoms with Crippen LogP contribution in [0.5, 0.6) is 23.0 Å². The zero-order valence-corrected chi connectivity index (χ0v) is 21.7.